The SMILES string of the molecule is CC(C)NC(=O)c1ccc(OCC2CCCN2C(=O)NC(C)C)cc1. The second-order valence-corrected chi connectivity index (χ2v) is 7.06. The Hall–Kier alpha value is -2.24. The lowest BCUT2D eigenvalue weighted by molar-refractivity contribution is 0.0943. The first-order chi connectivity index (χ1) is 11.9. The van der Waals surface area contributed by atoms with Crippen LogP contribution < -0.4 is 15.4 Å². The molecule has 0 saturated carbocycles. The minimum absolute atomic E-state index is 0.0261. The highest BCUT2D eigenvalue weighted by Crippen LogP contribution is 2.20. The highest BCUT2D eigenvalue weighted by atomic mass is 16.5. The summed E-state index contributed by atoms with van der Waals surface area (Å²) in [5.74, 6) is 0.617. The number of hydrogen-bond donors (Lipinski definition) is 2. The van der Waals surface area contributed by atoms with Crippen LogP contribution in [0.25, 0.3) is 0 Å². The van der Waals surface area contributed by atoms with Crippen LogP contribution in [0.4, 0.5) is 4.79 Å². The zero-order chi connectivity index (χ0) is 18.4. The molecule has 1 unspecified atom stereocenters. The number of nitrogens with one attached hydrogen (secondary N) is 2. The quantitative estimate of drug-likeness (QED) is 0.831. The van der Waals surface area contributed by atoms with Crippen molar-refractivity contribution in [3.63, 3.8) is 0 Å². The molecule has 2 rings (SSSR count). The Morgan fingerprint density at radius 2 is 1.76 bits per heavy atom. The van der Waals surface area contributed by atoms with Crippen LogP contribution in [0.1, 0.15) is 50.9 Å². The van der Waals surface area contributed by atoms with E-state index in [-0.39, 0.29) is 30.1 Å². The third-order valence-electron chi connectivity index (χ3n) is 4.03. The third-order valence-corrected chi connectivity index (χ3v) is 4.03. The van der Waals surface area contributed by atoms with Crippen LogP contribution in [0.15, 0.2) is 24.3 Å². The van der Waals surface area contributed by atoms with E-state index in [1.54, 1.807) is 24.3 Å². The highest BCUT2D eigenvalue weighted by Gasteiger charge is 2.29. The van der Waals surface area contributed by atoms with Gasteiger partial charge in [0, 0.05) is 24.2 Å². The van der Waals surface area contributed by atoms with Crippen molar-refractivity contribution in [1.82, 2.24) is 15.5 Å². The topological polar surface area (TPSA) is 70.7 Å². The fraction of sp³-hybridized carbons (Fsp3) is 0.579. The Balaban J connectivity index is 1.88. The van der Waals surface area contributed by atoms with E-state index in [4.69, 9.17) is 4.74 Å². The molecule has 0 radical (unpaired) electrons. The first-order valence-electron chi connectivity index (χ1n) is 8.97. The Morgan fingerprint density at radius 3 is 2.36 bits per heavy atom. The van der Waals surface area contributed by atoms with Crippen molar-refractivity contribution in [2.75, 3.05) is 13.2 Å². The number of carbonyl (C=O) groups is 2. The normalized spacial score (nSPS) is 17.0. The number of ether oxygens (including phenoxy) is 1. The van der Waals surface area contributed by atoms with Crippen molar-refractivity contribution in [3.8, 4) is 5.75 Å². The minimum Gasteiger partial charge on any atom is -0.491 e. The van der Waals surface area contributed by atoms with Crippen molar-refractivity contribution >= 4 is 11.9 Å². The number of likely N-dealkylation sites (tertiary alicyclic amines) is 1. The second kappa shape index (κ2) is 8.74. The van der Waals surface area contributed by atoms with Crippen molar-refractivity contribution in [1.29, 1.82) is 0 Å². The molecule has 1 aliphatic rings. The Bertz CT molecular complexity index is 584. The van der Waals surface area contributed by atoms with E-state index in [1.165, 1.54) is 0 Å². The first kappa shape index (κ1) is 19.1. The smallest absolute Gasteiger partial charge is 0.317 e. The van der Waals surface area contributed by atoms with Crippen molar-refractivity contribution < 1.29 is 14.3 Å². The van der Waals surface area contributed by atoms with Crippen LogP contribution in [0, 0.1) is 0 Å². The molecule has 3 amide bonds. The van der Waals surface area contributed by atoms with Gasteiger partial charge in [0.1, 0.15) is 12.4 Å². The molecule has 6 heteroatoms. The van der Waals surface area contributed by atoms with Crippen molar-refractivity contribution in [2.45, 2.75) is 58.7 Å². The van der Waals surface area contributed by atoms with Crippen LogP contribution in [0.2, 0.25) is 0 Å². The standard InChI is InChI=1S/C19H29N3O3/c1-13(2)20-18(23)15-7-9-17(10-8-15)25-12-16-6-5-11-22(16)19(24)21-14(3)4/h7-10,13-14,16H,5-6,11-12H2,1-4H3,(H,20,23)(H,21,24). The van der Waals surface area contributed by atoms with Gasteiger partial charge in [-0.2, -0.15) is 0 Å². The zero-order valence-electron chi connectivity index (χ0n) is 15.5. The van der Waals surface area contributed by atoms with E-state index in [2.05, 4.69) is 10.6 Å². The fourth-order valence-corrected chi connectivity index (χ4v) is 2.85. The van der Waals surface area contributed by atoms with Gasteiger partial charge in [0.25, 0.3) is 5.91 Å². The molecule has 0 spiro atoms. The number of rotatable bonds is 6. The number of amides is 3. The van der Waals surface area contributed by atoms with Gasteiger partial charge in [0.05, 0.1) is 6.04 Å². The lowest BCUT2D eigenvalue weighted by Crippen LogP contribution is -2.47. The van der Waals surface area contributed by atoms with E-state index in [1.807, 2.05) is 32.6 Å². The van der Waals surface area contributed by atoms with Crippen LogP contribution in [0.5, 0.6) is 5.75 Å². The maximum Gasteiger partial charge on any atom is 0.317 e. The first-order valence-corrected chi connectivity index (χ1v) is 8.97. The van der Waals surface area contributed by atoms with E-state index < -0.39 is 0 Å². The molecule has 25 heavy (non-hydrogen) atoms. The molecule has 0 aliphatic carbocycles. The molecule has 0 bridgehead atoms. The summed E-state index contributed by atoms with van der Waals surface area (Å²) in [6.07, 6.45) is 1.94. The summed E-state index contributed by atoms with van der Waals surface area (Å²) in [4.78, 5) is 26.0. The van der Waals surface area contributed by atoms with Crippen LogP contribution >= 0.6 is 0 Å². The molecule has 1 heterocycles. The predicted molar refractivity (Wildman–Crippen MR) is 97.9 cm³/mol. The average molecular weight is 347 g/mol. The molecular weight excluding hydrogens is 318 g/mol. The van der Waals surface area contributed by atoms with Gasteiger partial charge in [-0.3, -0.25) is 4.79 Å². The lowest BCUT2D eigenvalue weighted by Gasteiger charge is -2.26. The summed E-state index contributed by atoms with van der Waals surface area (Å²) in [5.41, 5.74) is 0.611. The van der Waals surface area contributed by atoms with E-state index in [0.717, 1.165) is 19.4 Å². The Labute approximate surface area is 149 Å². The fourth-order valence-electron chi connectivity index (χ4n) is 2.85. The van der Waals surface area contributed by atoms with Gasteiger partial charge in [-0.05, 0) is 64.8 Å². The molecular formula is C19H29N3O3. The highest BCUT2D eigenvalue weighted by molar-refractivity contribution is 5.94. The van der Waals surface area contributed by atoms with E-state index in [9.17, 15) is 9.59 Å². The summed E-state index contributed by atoms with van der Waals surface area (Å²) in [7, 11) is 0. The van der Waals surface area contributed by atoms with Crippen LogP contribution in [-0.2, 0) is 0 Å². The summed E-state index contributed by atoms with van der Waals surface area (Å²) in [5, 5.41) is 5.79. The average Bonchev–Trinajstić information content (AvgIpc) is 3.00. The molecule has 0 aromatic heterocycles. The van der Waals surface area contributed by atoms with Gasteiger partial charge in [0.2, 0.25) is 0 Å². The second-order valence-electron chi connectivity index (χ2n) is 7.06. The van der Waals surface area contributed by atoms with E-state index in [0.29, 0.717) is 17.9 Å². The van der Waals surface area contributed by atoms with Gasteiger partial charge in [0.15, 0.2) is 0 Å². The number of benzene rings is 1. The monoisotopic (exact) mass is 347 g/mol. The predicted octanol–water partition coefficient (Wildman–Crippen LogP) is 2.79. The zero-order valence-corrected chi connectivity index (χ0v) is 15.5. The molecule has 2 N–H and O–H groups in total. The summed E-state index contributed by atoms with van der Waals surface area (Å²) < 4.78 is 5.84. The van der Waals surface area contributed by atoms with Gasteiger partial charge in [-0.25, -0.2) is 4.79 Å². The van der Waals surface area contributed by atoms with Gasteiger partial charge < -0.3 is 20.3 Å². The molecule has 1 fully saturated rings. The molecule has 1 saturated heterocycles. The number of hydrogen-bond acceptors (Lipinski definition) is 3. The molecule has 1 aromatic rings. The Kier molecular flexibility index (Phi) is 6.67. The van der Waals surface area contributed by atoms with Crippen molar-refractivity contribution in [3.05, 3.63) is 29.8 Å². The molecule has 1 aromatic carbocycles. The number of urea groups is 1. The molecule has 138 valence electrons. The third kappa shape index (κ3) is 5.66. The minimum atomic E-state index is -0.0890. The summed E-state index contributed by atoms with van der Waals surface area (Å²) >= 11 is 0. The van der Waals surface area contributed by atoms with Crippen LogP contribution in [-0.4, -0.2) is 48.1 Å². The number of carbonyl (C=O) groups excluding carboxylic acids is 2. The summed E-state index contributed by atoms with van der Waals surface area (Å²) in [6, 6.07) is 7.39. The van der Waals surface area contributed by atoms with Gasteiger partial charge >= 0.3 is 6.03 Å². The maximum atomic E-state index is 12.2. The molecule has 1 aliphatic heterocycles. The summed E-state index contributed by atoms with van der Waals surface area (Å²) in [6.45, 7) is 8.99. The Morgan fingerprint density at radius 1 is 1.12 bits per heavy atom. The van der Waals surface area contributed by atoms with Crippen molar-refractivity contribution in [2.24, 2.45) is 0 Å². The lowest BCUT2D eigenvalue weighted by atomic mass is 10.2. The molecule has 1 atom stereocenters. The molecule has 6 nitrogen and oxygen atoms in total. The maximum absolute atomic E-state index is 12.2. The largest absolute Gasteiger partial charge is 0.491 e. The van der Waals surface area contributed by atoms with E-state index >= 15 is 0 Å². The van der Waals surface area contributed by atoms with Gasteiger partial charge in [-0.15, -0.1) is 0 Å². The van der Waals surface area contributed by atoms with Crippen LogP contribution in [0.3, 0.4) is 0 Å². The van der Waals surface area contributed by atoms with Gasteiger partial charge in [-0.1, -0.05) is 0 Å². The number of nitrogens with zero attached hydrogens (tertiary/aromatic N) is 1.